The van der Waals surface area contributed by atoms with Crippen LogP contribution in [0.15, 0.2) is 36.4 Å². The Balaban J connectivity index is 2.36. The molecular weight excluding hydrogens is 365 g/mol. The Morgan fingerprint density at radius 1 is 1.20 bits per heavy atom. The molecule has 0 spiro atoms. The van der Waals surface area contributed by atoms with Gasteiger partial charge in [0, 0.05) is 22.6 Å². The Labute approximate surface area is 155 Å². The van der Waals surface area contributed by atoms with Gasteiger partial charge < -0.3 is 15.2 Å². The van der Waals surface area contributed by atoms with E-state index >= 15 is 0 Å². The minimum absolute atomic E-state index is 0.177. The first-order chi connectivity index (χ1) is 11.8. The summed E-state index contributed by atoms with van der Waals surface area (Å²) in [6, 6.07) is 9.55. The fourth-order valence-electron chi connectivity index (χ4n) is 2.56. The van der Waals surface area contributed by atoms with Crippen LogP contribution in [-0.2, 0) is 10.4 Å². The molecule has 0 saturated carbocycles. The van der Waals surface area contributed by atoms with Crippen LogP contribution in [0.1, 0.15) is 29.3 Å². The number of hydrogen-bond donors (Lipinski definition) is 2. The minimum atomic E-state index is -1.63. The van der Waals surface area contributed by atoms with Crippen molar-refractivity contribution in [1.82, 2.24) is 0 Å². The van der Waals surface area contributed by atoms with Crippen molar-refractivity contribution < 1.29 is 19.4 Å². The molecule has 7 heteroatoms. The van der Waals surface area contributed by atoms with Gasteiger partial charge in [-0.15, -0.1) is 0 Å². The number of methoxy groups -OCH3 is 1. The van der Waals surface area contributed by atoms with Gasteiger partial charge in [0.05, 0.1) is 23.4 Å². The zero-order valence-electron chi connectivity index (χ0n) is 13.7. The molecule has 0 aromatic heterocycles. The first kappa shape index (κ1) is 19.2. The number of halogens is 2. The smallest absolute Gasteiger partial charge is 0.211 e. The van der Waals surface area contributed by atoms with Crippen LogP contribution in [0, 0.1) is 0 Å². The van der Waals surface area contributed by atoms with Crippen molar-refractivity contribution >= 4 is 41.1 Å². The maximum atomic E-state index is 12.5. The van der Waals surface area contributed by atoms with Gasteiger partial charge in [0.15, 0.2) is 5.78 Å². The molecule has 0 fully saturated rings. The van der Waals surface area contributed by atoms with Crippen molar-refractivity contribution in [2.45, 2.75) is 18.9 Å². The summed E-state index contributed by atoms with van der Waals surface area (Å²) in [6.07, 6.45) is 0.190. The number of amides is 1. The van der Waals surface area contributed by atoms with E-state index in [1.54, 1.807) is 24.3 Å². The first-order valence-corrected chi connectivity index (χ1v) is 8.14. The molecule has 0 aliphatic heterocycles. The molecule has 5 nitrogen and oxygen atoms in total. The van der Waals surface area contributed by atoms with Crippen LogP contribution < -0.4 is 10.1 Å². The maximum absolute atomic E-state index is 12.5. The number of nitrogens with one attached hydrogen (secondary N) is 1. The van der Waals surface area contributed by atoms with Crippen LogP contribution in [0.4, 0.5) is 5.69 Å². The van der Waals surface area contributed by atoms with Crippen molar-refractivity contribution in [3.8, 4) is 5.75 Å². The van der Waals surface area contributed by atoms with Crippen molar-refractivity contribution in [2.24, 2.45) is 0 Å². The van der Waals surface area contributed by atoms with Crippen LogP contribution in [0.3, 0.4) is 0 Å². The summed E-state index contributed by atoms with van der Waals surface area (Å²) in [6.45, 7) is 1.45. The number of rotatable bonds is 7. The highest BCUT2D eigenvalue weighted by Crippen LogP contribution is 2.41. The van der Waals surface area contributed by atoms with Crippen LogP contribution in [-0.4, -0.2) is 24.4 Å². The predicted octanol–water partition coefficient (Wildman–Crippen LogP) is 4.05. The van der Waals surface area contributed by atoms with Crippen molar-refractivity contribution in [1.29, 1.82) is 0 Å². The first-order valence-electron chi connectivity index (χ1n) is 7.38. The molecule has 132 valence electrons. The lowest BCUT2D eigenvalue weighted by Gasteiger charge is -2.27. The number of aliphatic hydroxyl groups is 1. The Morgan fingerprint density at radius 2 is 1.80 bits per heavy atom. The van der Waals surface area contributed by atoms with Crippen molar-refractivity contribution in [3.63, 3.8) is 0 Å². The summed E-state index contributed by atoms with van der Waals surface area (Å²) in [5.41, 5.74) is -0.846. The van der Waals surface area contributed by atoms with Gasteiger partial charge in [-0.05, 0) is 43.3 Å². The SMILES string of the molecule is COc1ccc(C(=O)CC(C)(O)c2c(Cl)ccc(Cl)c2NC=O)cc1. The second kappa shape index (κ2) is 7.87. The Hall–Kier alpha value is -2.08. The summed E-state index contributed by atoms with van der Waals surface area (Å²) >= 11 is 12.3. The van der Waals surface area contributed by atoms with Gasteiger partial charge in [0.25, 0.3) is 0 Å². The van der Waals surface area contributed by atoms with Crippen LogP contribution in [0.2, 0.25) is 10.0 Å². The Morgan fingerprint density at radius 3 is 2.36 bits per heavy atom. The lowest BCUT2D eigenvalue weighted by Crippen LogP contribution is -2.27. The van der Waals surface area contributed by atoms with E-state index in [0.29, 0.717) is 17.7 Å². The quantitative estimate of drug-likeness (QED) is 0.560. The molecule has 0 heterocycles. The van der Waals surface area contributed by atoms with Gasteiger partial charge in [-0.1, -0.05) is 23.2 Å². The second-order valence-corrected chi connectivity index (χ2v) is 6.46. The lowest BCUT2D eigenvalue weighted by atomic mass is 9.87. The van der Waals surface area contributed by atoms with E-state index in [2.05, 4.69) is 5.32 Å². The third-order valence-corrected chi connectivity index (χ3v) is 4.39. The average molecular weight is 382 g/mol. The summed E-state index contributed by atoms with van der Waals surface area (Å²) in [5.74, 6) is 0.333. The van der Waals surface area contributed by atoms with E-state index in [9.17, 15) is 14.7 Å². The zero-order valence-corrected chi connectivity index (χ0v) is 15.2. The predicted molar refractivity (Wildman–Crippen MR) is 97.7 cm³/mol. The van der Waals surface area contributed by atoms with E-state index in [0.717, 1.165) is 0 Å². The third kappa shape index (κ3) is 4.31. The molecule has 2 N–H and O–H groups in total. The van der Waals surface area contributed by atoms with Gasteiger partial charge in [-0.3, -0.25) is 9.59 Å². The van der Waals surface area contributed by atoms with E-state index < -0.39 is 5.60 Å². The summed E-state index contributed by atoms with van der Waals surface area (Å²) in [7, 11) is 1.53. The van der Waals surface area contributed by atoms with Crippen LogP contribution in [0.5, 0.6) is 5.75 Å². The highest BCUT2D eigenvalue weighted by Gasteiger charge is 2.33. The van der Waals surface area contributed by atoms with Gasteiger partial charge in [0.1, 0.15) is 5.75 Å². The fraction of sp³-hybridized carbons (Fsp3) is 0.222. The minimum Gasteiger partial charge on any atom is -0.497 e. The molecule has 1 amide bonds. The lowest BCUT2D eigenvalue weighted by molar-refractivity contribution is -0.105. The van der Waals surface area contributed by atoms with E-state index in [4.69, 9.17) is 27.9 Å². The largest absolute Gasteiger partial charge is 0.497 e. The number of ketones is 1. The standard InChI is InChI=1S/C18H17Cl2NO4/c1-18(24,9-15(23)11-3-5-12(25-2)6-4-11)16-13(19)7-8-14(20)17(16)21-10-22/h3-8,10,24H,9H2,1-2H3,(H,21,22). The monoisotopic (exact) mass is 381 g/mol. The van der Waals surface area contributed by atoms with Crippen molar-refractivity contribution in [2.75, 3.05) is 12.4 Å². The molecule has 0 aliphatic rings. The summed E-state index contributed by atoms with van der Waals surface area (Å²) < 4.78 is 5.06. The number of anilines is 1. The van der Waals surface area contributed by atoms with Crippen LogP contribution in [0.25, 0.3) is 0 Å². The number of benzene rings is 2. The van der Waals surface area contributed by atoms with E-state index in [1.165, 1.54) is 26.2 Å². The number of ether oxygens (including phenoxy) is 1. The van der Waals surface area contributed by atoms with E-state index in [1.807, 2.05) is 0 Å². The fourth-order valence-corrected chi connectivity index (χ4v) is 3.13. The molecular formula is C18H17Cl2NO4. The van der Waals surface area contributed by atoms with Crippen molar-refractivity contribution in [3.05, 3.63) is 57.6 Å². The van der Waals surface area contributed by atoms with Gasteiger partial charge >= 0.3 is 0 Å². The molecule has 1 unspecified atom stereocenters. The molecule has 0 radical (unpaired) electrons. The molecule has 2 aromatic rings. The summed E-state index contributed by atoms with van der Waals surface area (Å²) in [4.78, 5) is 23.4. The number of hydrogen-bond acceptors (Lipinski definition) is 4. The molecule has 0 saturated heterocycles. The molecule has 0 bridgehead atoms. The molecule has 0 aliphatic carbocycles. The van der Waals surface area contributed by atoms with E-state index in [-0.39, 0.29) is 33.5 Å². The molecule has 2 aromatic carbocycles. The number of Topliss-reactive ketones (excluding diaryl/α,β-unsaturated/α-hetero) is 1. The van der Waals surface area contributed by atoms with Gasteiger partial charge in [0.2, 0.25) is 6.41 Å². The van der Waals surface area contributed by atoms with Gasteiger partial charge in [-0.25, -0.2) is 0 Å². The Kier molecular flexibility index (Phi) is 6.06. The second-order valence-electron chi connectivity index (χ2n) is 5.64. The highest BCUT2D eigenvalue weighted by atomic mass is 35.5. The highest BCUT2D eigenvalue weighted by molar-refractivity contribution is 6.36. The number of carbonyl (C=O) groups is 2. The zero-order chi connectivity index (χ0) is 18.6. The molecule has 1 atom stereocenters. The topological polar surface area (TPSA) is 75.6 Å². The number of carbonyl (C=O) groups excluding carboxylic acids is 2. The molecule has 2 rings (SSSR count). The normalized spacial score (nSPS) is 13.0. The summed E-state index contributed by atoms with van der Waals surface area (Å²) in [5, 5.41) is 13.7. The Bertz CT molecular complexity index is 788. The van der Waals surface area contributed by atoms with Crippen LogP contribution >= 0.6 is 23.2 Å². The molecule has 25 heavy (non-hydrogen) atoms. The van der Waals surface area contributed by atoms with Gasteiger partial charge in [-0.2, -0.15) is 0 Å². The average Bonchev–Trinajstić information content (AvgIpc) is 2.57. The third-order valence-electron chi connectivity index (χ3n) is 3.76. The maximum Gasteiger partial charge on any atom is 0.211 e.